The molecule has 1 amide bonds. The molecule has 2 fully saturated rings. The Labute approximate surface area is 219 Å². The van der Waals surface area contributed by atoms with Gasteiger partial charge in [0.2, 0.25) is 0 Å². The van der Waals surface area contributed by atoms with E-state index in [9.17, 15) is 9.35 Å². The third kappa shape index (κ3) is 6.54. The number of amides is 1. The highest BCUT2D eigenvalue weighted by molar-refractivity contribution is 7.90. The van der Waals surface area contributed by atoms with Crippen LogP contribution in [0.3, 0.4) is 0 Å². The highest BCUT2D eigenvalue weighted by Crippen LogP contribution is 2.52. The second-order valence-electron chi connectivity index (χ2n) is 12.4. The minimum Gasteiger partial charge on any atom is -0.598 e. The molecule has 0 saturated carbocycles. The Bertz CT molecular complexity index is 915. The summed E-state index contributed by atoms with van der Waals surface area (Å²) < 4.78 is 33.6. The molecule has 4 rings (SSSR count). The Morgan fingerprint density at radius 3 is 2.56 bits per heavy atom. The van der Waals surface area contributed by atoms with E-state index < -0.39 is 17.0 Å². The average molecular weight is 522 g/mol. The first-order valence-electron chi connectivity index (χ1n) is 13.2. The Morgan fingerprint density at radius 1 is 1.22 bits per heavy atom. The van der Waals surface area contributed by atoms with Crippen molar-refractivity contribution in [2.24, 2.45) is 5.41 Å². The number of pyridine rings is 1. The largest absolute Gasteiger partial charge is 0.598 e. The molecule has 3 aliphatic rings. The number of carbonyl (C=O) groups excluding carboxylic acids is 1. The van der Waals surface area contributed by atoms with Crippen LogP contribution < -0.4 is 4.72 Å². The second-order valence-corrected chi connectivity index (χ2v) is 14.4. The SMILES string of the molecule is CC(C)(C)OC(=O)N1CCC2(CC1)Cc1nc(COC3CCCCO3)ccc1[C@H]2N[S+]([O-])C(C)(C)C. The van der Waals surface area contributed by atoms with Crippen molar-refractivity contribution < 1.29 is 23.6 Å². The molecule has 9 heteroatoms. The monoisotopic (exact) mass is 521 g/mol. The van der Waals surface area contributed by atoms with Gasteiger partial charge in [0.05, 0.1) is 18.3 Å². The van der Waals surface area contributed by atoms with Gasteiger partial charge in [-0.2, -0.15) is 0 Å². The number of nitrogens with one attached hydrogen (secondary N) is 1. The van der Waals surface area contributed by atoms with Crippen molar-refractivity contribution in [3.8, 4) is 0 Å². The van der Waals surface area contributed by atoms with Gasteiger partial charge in [-0.3, -0.25) is 4.98 Å². The first-order valence-corrected chi connectivity index (χ1v) is 14.4. The molecule has 1 N–H and O–H groups in total. The topological polar surface area (TPSA) is 96.0 Å². The van der Waals surface area contributed by atoms with Gasteiger partial charge < -0.3 is 23.7 Å². The third-order valence-corrected chi connectivity index (χ3v) is 8.82. The lowest BCUT2D eigenvalue weighted by molar-refractivity contribution is -0.169. The van der Waals surface area contributed by atoms with Crippen LogP contribution in [0.2, 0.25) is 0 Å². The zero-order valence-electron chi connectivity index (χ0n) is 22.7. The summed E-state index contributed by atoms with van der Waals surface area (Å²) >= 11 is -1.23. The van der Waals surface area contributed by atoms with Crippen molar-refractivity contribution in [2.45, 2.75) is 109 Å². The van der Waals surface area contributed by atoms with E-state index in [0.717, 1.165) is 62.1 Å². The smallest absolute Gasteiger partial charge is 0.410 e. The fourth-order valence-corrected chi connectivity index (χ4v) is 6.17. The van der Waals surface area contributed by atoms with Crippen LogP contribution in [0.1, 0.15) is 96.6 Å². The van der Waals surface area contributed by atoms with Crippen molar-refractivity contribution in [1.82, 2.24) is 14.6 Å². The summed E-state index contributed by atoms with van der Waals surface area (Å²) in [7, 11) is 0. The van der Waals surface area contributed by atoms with E-state index in [4.69, 9.17) is 19.2 Å². The maximum Gasteiger partial charge on any atom is 0.410 e. The van der Waals surface area contributed by atoms with Gasteiger partial charge in [-0.1, -0.05) is 6.07 Å². The van der Waals surface area contributed by atoms with Gasteiger partial charge in [0.1, 0.15) is 10.3 Å². The van der Waals surface area contributed by atoms with Crippen LogP contribution in [0.15, 0.2) is 12.1 Å². The first-order chi connectivity index (χ1) is 16.9. The maximum atomic E-state index is 13.2. The van der Waals surface area contributed by atoms with Crippen LogP contribution in [0.5, 0.6) is 0 Å². The molecule has 202 valence electrons. The Hall–Kier alpha value is -1.39. The van der Waals surface area contributed by atoms with Gasteiger partial charge >= 0.3 is 6.09 Å². The molecular weight excluding hydrogens is 478 g/mol. The van der Waals surface area contributed by atoms with Gasteiger partial charge in [0.25, 0.3) is 0 Å². The zero-order chi connectivity index (χ0) is 26.1. The van der Waals surface area contributed by atoms with Gasteiger partial charge in [0, 0.05) is 42.2 Å². The molecule has 3 heterocycles. The lowest BCUT2D eigenvalue weighted by atomic mass is 9.73. The molecule has 3 atom stereocenters. The third-order valence-electron chi connectivity index (χ3n) is 7.26. The number of hydrogen-bond donors (Lipinski definition) is 1. The van der Waals surface area contributed by atoms with E-state index in [1.54, 1.807) is 4.90 Å². The molecule has 1 aliphatic carbocycles. The van der Waals surface area contributed by atoms with Crippen molar-refractivity contribution in [3.05, 3.63) is 29.1 Å². The number of piperidine rings is 1. The molecule has 0 radical (unpaired) electrons. The number of rotatable bonds is 5. The number of ether oxygens (including phenoxy) is 3. The number of nitrogens with zero attached hydrogens (tertiary/aromatic N) is 2. The highest BCUT2D eigenvalue weighted by atomic mass is 32.2. The molecule has 2 unspecified atom stereocenters. The van der Waals surface area contributed by atoms with E-state index in [1.807, 2.05) is 47.6 Å². The van der Waals surface area contributed by atoms with Crippen LogP contribution >= 0.6 is 0 Å². The van der Waals surface area contributed by atoms with Gasteiger partial charge in [-0.15, -0.1) is 4.72 Å². The second kappa shape index (κ2) is 10.8. The molecular formula is C27H43N3O5S. The van der Waals surface area contributed by atoms with E-state index in [-0.39, 0.29) is 28.6 Å². The highest BCUT2D eigenvalue weighted by Gasteiger charge is 2.51. The molecule has 2 aliphatic heterocycles. The first kappa shape index (κ1) is 27.6. The van der Waals surface area contributed by atoms with Gasteiger partial charge in [0.15, 0.2) is 6.29 Å². The van der Waals surface area contributed by atoms with E-state index in [2.05, 4.69) is 10.8 Å². The van der Waals surface area contributed by atoms with E-state index in [1.165, 1.54) is 0 Å². The summed E-state index contributed by atoms with van der Waals surface area (Å²) in [6.07, 6.45) is 5.11. The Balaban J connectivity index is 1.50. The molecule has 8 nitrogen and oxygen atoms in total. The summed E-state index contributed by atoms with van der Waals surface area (Å²) in [6, 6.07) is 4.05. The summed E-state index contributed by atoms with van der Waals surface area (Å²) in [4.78, 5) is 19.5. The predicted molar refractivity (Wildman–Crippen MR) is 140 cm³/mol. The summed E-state index contributed by atoms with van der Waals surface area (Å²) in [5, 5.41) is 0. The predicted octanol–water partition coefficient (Wildman–Crippen LogP) is 4.79. The normalized spacial score (nSPS) is 25.0. The minimum atomic E-state index is -1.23. The Morgan fingerprint density at radius 2 is 1.94 bits per heavy atom. The molecule has 0 bridgehead atoms. The molecule has 1 spiro atoms. The lowest BCUT2D eigenvalue weighted by Gasteiger charge is -2.43. The molecule has 36 heavy (non-hydrogen) atoms. The number of hydrogen-bond acceptors (Lipinski definition) is 7. The standard InChI is InChI=1S/C27H43N3O5S/c1-25(2,3)35-24(31)30-14-12-27(13-15-30)17-21-20(23(27)29-36(32)26(4,5)6)11-10-19(28-21)18-34-22-9-7-8-16-33-22/h10-11,22-23,29H,7-9,12-18H2,1-6H3/t22?,23-,36?/m1/s1. The van der Waals surface area contributed by atoms with Crippen LogP contribution in [-0.4, -0.2) is 56.9 Å². The maximum absolute atomic E-state index is 13.2. The lowest BCUT2D eigenvalue weighted by Crippen LogP contribution is -2.51. The number of carbonyl (C=O) groups is 1. The number of likely N-dealkylation sites (tertiary alicyclic amines) is 1. The fourth-order valence-electron chi connectivity index (χ4n) is 5.23. The van der Waals surface area contributed by atoms with Crippen LogP contribution in [-0.2, 0) is 38.6 Å². The molecule has 0 aromatic carbocycles. The molecule has 2 saturated heterocycles. The number of aromatic nitrogens is 1. The van der Waals surface area contributed by atoms with Crippen molar-refractivity contribution in [1.29, 1.82) is 0 Å². The molecule has 1 aromatic heterocycles. The minimum absolute atomic E-state index is 0.0857. The summed E-state index contributed by atoms with van der Waals surface area (Å²) in [5.41, 5.74) is 2.36. The van der Waals surface area contributed by atoms with Crippen LogP contribution in [0, 0.1) is 5.41 Å². The van der Waals surface area contributed by atoms with Crippen molar-refractivity contribution in [3.63, 3.8) is 0 Å². The van der Waals surface area contributed by atoms with Crippen molar-refractivity contribution in [2.75, 3.05) is 19.7 Å². The van der Waals surface area contributed by atoms with E-state index in [0.29, 0.717) is 19.7 Å². The summed E-state index contributed by atoms with van der Waals surface area (Å²) in [6.45, 7) is 14.0. The van der Waals surface area contributed by atoms with Crippen LogP contribution in [0.25, 0.3) is 0 Å². The zero-order valence-corrected chi connectivity index (χ0v) is 23.5. The fraction of sp³-hybridized carbons (Fsp3) is 0.778. The van der Waals surface area contributed by atoms with E-state index >= 15 is 0 Å². The van der Waals surface area contributed by atoms with Crippen LogP contribution in [0.4, 0.5) is 4.79 Å². The Kier molecular flexibility index (Phi) is 8.27. The quantitative estimate of drug-likeness (QED) is 0.557. The molecule has 1 aromatic rings. The van der Waals surface area contributed by atoms with Crippen molar-refractivity contribution >= 4 is 17.5 Å². The van der Waals surface area contributed by atoms with Gasteiger partial charge in [-0.05, 0) is 91.7 Å². The number of fused-ring (bicyclic) bond motifs is 1. The summed E-state index contributed by atoms with van der Waals surface area (Å²) in [5.74, 6) is 0. The average Bonchev–Trinajstić information content (AvgIpc) is 3.08. The van der Waals surface area contributed by atoms with Gasteiger partial charge in [-0.25, -0.2) is 4.79 Å².